The van der Waals surface area contributed by atoms with Gasteiger partial charge in [-0.25, -0.2) is 0 Å². The van der Waals surface area contributed by atoms with Gasteiger partial charge in [0.1, 0.15) is 6.04 Å². The van der Waals surface area contributed by atoms with Gasteiger partial charge in [0.15, 0.2) is 11.2 Å². The SMILES string of the molecule is C#CCn1cc(C(C)=O)c(=O)c2cc(NC(=O)[C@H](C)NC(=O)c3ccc(-c4ccccc4)cc3)ccc21. The summed E-state index contributed by atoms with van der Waals surface area (Å²) < 4.78 is 1.64. The molecule has 4 aromatic rings. The Morgan fingerprint density at radius 2 is 1.65 bits per heavy atom. The molecule has 1 heterocycles. The summed E-state index contributed by atoms with van der Waals surface area (Å²) in [6, 6.07) is 20.9. The van der Waals surface area contributed by atoms with Crippen molar-refractivity contribution in [3.63, 3.8) is 0 Å². The van der Waals surface area contributed by atoms with Crippen LogP contribution in [0.2, 0.25) is 0 Å². The average Bonchev–Trinajstić information content (AvgIpc) is 2.90. The lowest BCUT2D eigenvalue weighted by Crippen LogP contribution is -2.41. The summed E-state index contributed by atoms with van der Waals surface area (Å²) >= 11 is 0. The predicted octanol–water partition coefficient (Wildman–Crippen LogP) is 4.26. The van der Waals surface area contributed by atoms with Gasteiger partial charge in [-0.3, -0.25) is 19.2 Å². The Balaban J connectivity index is 1.49. The molecule has 1 aromatic heterocycles. The first kappa shape index (κ1) is 25.1. The first-order chi connectivity index (χ1) is 17.8. The number of ketones is 1. The zero-order valence-corrected chi connectivity index (χ0v) is 20.4. The van der Waals surface area contributed by atoms with Gasteiger partial charge in [-0.05, 0) is 55.3 Å². The van der Waals surface area contributed by atoms with E-state index in [1.165, 1.54) is 19.2 Å². The fraction of sp³-hybridized carbons (Fsp3) is 0.133. The summed E-state index contributed by atoms with van der Waals surface area (Å²) in [6.45, 7) is 3.06. The molecule has 7 heteroatoms. The van der Waals surface area contributed by atoms with Crippen LogP contribution in [0, 0.1) is 12.3 Å². The van der Waals surface area contributed by atoms with Crippen LogP contribution < -0.4 is 16.1 Å². The fourth-order valence-electron chi connectivity index (χ4n) is 4.00. The number of anilines is 1. The number of rotatable bonds is 7. The van der Waals surface area contributed by atoms with Gasteiger partial charge in [0.05, 0.1) is 17.6 Å². The van der Waals surface area contributed by atoms with Gasteiger partial charge in [0, 0.05) is 22.8 Å². The molecule has 37 heavy (non-hydrogen) atoms. The minimum absolute atomic E-state index is 0.0186. The molecule has 0 aliphatic rings. The molecular formula is C30H25N3O4. The molecule has 0 spiro atoms. The Morgan fingerprint density at radius 3 is 2.30 bits per heavy atom. The summed E-state index contributed by atoms with van der Waals surface area (Å²) in [7, 11) is 0. The van der Waals surface area contributed by atoms with Crippen LogP contribution in [-0.4, -0.2) is 28.2 Å². The van der Waals surface area contributed by atoms with E-state index in [1.807, 2.05) is 42.5 Å². The first-order valence-corrected chi connectivity index (χ1v) is 11.7. The number of aromatic nitrogens is 1. The number of carbonyl (C=O) groups excluding carboxylic acids is 3. The van der Waals surface area contributed by atoms with E-state index in [2.05, 4.69) is 16.6 Å². The van der Waals surface area contributed by atoms with Gasteiger partial charge in [-0.1, -0.05) is 48.4 Å². The van der Waals surface area contributed by atoms with E-state index in [4.69, 9.17) is 6.42 Å². The Hall–Kier alpha value is -4.96. The number of nitrogens with one attached hydrogen (secondary N) is 2. The molecule has 0 bridgehead atoms. The predicted molar refractivity (Wildman–Crippen MR) is 144 cm³/mol. The number of hydrogen-bond acceptors (Lipinski definition) is 4. The van der Waals surface area contributed by atoms with Crippen molar-refractivity contribution >= 4 is 34.2 Å². The highest BCUT2D eigenvalue weighted by Gasteiger charge is 2.18. The number of hydrogen-bond donors (Lipinski definition) is 2. The molecule has 184 valence electrons. The Kier molecular flexibility index (Phi) is 7.31. The Bertz CT molecular complexity index is 1600. The van der Waals surface area contributed by atoms with Gasteiger partial charge in [-0.2, -0.15) is 0 Å². The van der Waals surface area contributed by atoms with E-state index in [-0.39, 0.29) is 29.2 Å². The maximum absolute atomic E-state index is 12.9. The highest BCUT2D eigenvalue weighted by atomic mass is 16.2. The Labute approximate surface area is 214 Å². The largest absolute Gasteiger partial charge is 0.341 e. The van der Waals surface area contributed by atoms with Gasteiger partial charge < -0.3 is 15.2 Å². The van der Waals surface area contributed by atoms with Crippen molar-refractivity contribution in [2.24, 2.45) is 0 Å². The van der Waals surface area contributed by atoms with Crippen molar-refractivity contribution in [3.8, 4) is 23.5 Å². The summed E-state index contributed by atoms with van der Waals surface area (Å²) in [5.74, 6) is 1.29. The highest BCUT2D eigenvalue weighted by Crippen LogP contribution is 2.20. The number of terminal acetylenes is 1. The van der Waals surface area contributed by atoms with E-state index in [1.54, 1.807) is 35.8 Å². The quantitative estimate of drug-likeness (QED) is 0.298. The molecule has 2 amide bonds. The molecule has 3 aromatic carbocycles. The topological polar surface area (TPSA) is 97.3 Å². The van der Waals surface area contributed by atoms with Gasteiger partial charge >= 0.3 is 0 Å². The molecule has 0 fully saturated rings. The number of carbonyl (C=O) groups is 3. The molecule has 1 atom stereocenters. The van der Waals surface area contributed by atoms with E-state index < -0.39 is 17.4 Å². The second kappa shape index (κ2) is 10.8. The van der Waals surface area contributed by atoms with Crippen LogP contribution in [0.4, 0.5) is 5.69 Å². The van der Waals surface area contributed by atoms with E-state index in [0.29, 0.717) is 16.8 Å². The van der Waals surface area contributed by atoms with Crippen LogP contribution in [-0.2, 0) is 11.3 Å². The first-order valence-electron chi connectivity index (χ1n) is 11.7. The number of pyridine rings is 1. The Morgan fingerprint density at radius 1 is 0.973 bits per heavy atom. The molecule has 0 aliphatic carbocycles. The van der Waals surface area contributed by atoms with Crippen molar-refractivity contribution in [1.82, 2.24) is 9.88 Å². The highest BCUT2D eigenvalue weighted by molar-refractivity contribution is 6.02. The van der Waals surface area contributed by atoms with E-state index >= 15 is 0 Å². The molecule has 0 saturated carbocycles. The molecule has 2 N–H and O–H groups in total. The van der Waals surface area contributed by atoms with Gasteiger partial charge in [-0.15, -0.1) is 6.42 Å². The standard InChI is InChI=1S/C30H25N3O4/c1-4-16-33-18-26(20(3)34)28(35)25-17-24(14-15-27(25)33)32-29(36)19(2)31-30(37)23-12-10-22(11-13-23)21-8-6-5-7-9-21/h1,5-15,17-19H,16H2,2-3H3,(H,31,37)(H,32,36)/t19-/m0/s1. The monoisotopic (exact) mass is 491 g/mol. The van der Waals surface area contributed by atoms with Crippen LogP contribution in [0.25, 0.3) is 22.0 Å². The maximum Gasteiger partial charge on any atom is 0.251 e. The number of benzene rings is 3. The second-order valence-electron chi connectivity index (χ2n) is 8.62. The zero-order chi connectivity index (χ0) is 26.5. The normalized spacial score (nSPS) is 11.4. The van der Waals surface area contributed by atoms with E-state index in [0.717, 1.165) is 11.1 Å². The summed E-state index contributed by atoms with van der Waals surface area (Å²) in [5, 5.41) is 5.67. The van der Waals surface area contributed by atoms with Crippen molar-refractivity contribution in [1.29, 1.82) is 0 Å². The fourth-order valence-corrected chi connectivity index (χ4v) is 4.00. The minimum atomic E-state index is -0.848. The van der Waals surface area contributed by atoms with Gasteiger partial charge in [0.2, 0.25) is 5.91 Å². The van der Waals surface area contributed by atoms with Crippen molar-refractivity contribution in [2.75, 3.05) is 5.32 Å². The molecule has 0 unspecified atom stereocenters. The third-order valence-electron chi connectivity index (χ3n) is 5.98. The summed E-state index contributed by atoms with van der Waals surface area (Å²) in [5.41, 5.74) is 2.93. The smallest absolute Gasteiger partial charge is 0.251 e. The summed E-state index contributed by atoms with van der Waals surface area (Å²) in [4.78, 5) is 50.3. The number of amides is 2. The molecule has 4 rings (SSSR count). The van der Waals surface area contributed by atoms with Crippen LogP contribution >= 0.6 is 0 Å². The molecule has 0 saturated heterocycles. The number of Topliss-reactive ketones (excluding diaryl/α,β-unsaturated/α-hetero) is 1. The molecule has 0 aliphatic heterocycles. The van der Waals surface area contributed by atoms with Crippen molar-refractivity contribution < 1.29 is 14.4 Å². The molecule has 0 radical (unpaired) electrons. The lowest BCUT2D eigenvalue weighted by molar-refractivity contribution is -0.117. The maximum atomic E-state index is 12.9. The van der Waals surface area contributed by atoms with Crippen LogP contribution in [0.5, 0.6) is 0 Å². The van der Waals surface area contributed by atoms with Crippen molar-refractivity contribution in [2.45, 2.75) is 26.4 Å². The van der Waals surface area contributed by atoms with Gasteiger partial charge in [0.25, 0.3) is 5.91 Å². The average molecular weight is 492 g/mol. The molecular weight excluding hydrogens is 466 g/mol. The lowest BCUT2D eigenvalue weighted by atomic mass is 10.0. The van der Waals surface area contributed by atoms with E-state index in [9.17, 15) is 19.2 Å². The van der Waals surface area contributed by atoms with Crippen LogP contribution in [0.15, 0.2) is 83.8 Å². The summed E-state index contributed by atoms with van der Waals surface area (Å²) in [6.07, 6.45) is 6.89. The third kappa shape index (κ3) is 5.49. The second-order valence-corrected chi connectivity index (χ2v) is 8.62. The minimum Gasteiger partial charge on any atom is -0.341 e. The number of fused-ring (bicyclic) bond motifs is 1. The van der Waals surface area contributed by atoms with Crippen LogP contribution in [0.3, 0.4) is 0 Å². The zero-order valence-electron chi connectivity index (χ0n) is 20.4. The number of nitrogens with zero attached hydrogens (tertiary/aromatic N) is 1. The van der Waals surface area contributed by atoms with Crippen LogP contribution in [0.1, 0.15) is 34.6 Å². The third-order valence-corrected chi connectivity index (χ3v) is 5.98. The molecule has 7 nitrogen and oxygen atoms in total. The van der Waals surface area contributed by atoms with Crippen molar-refractivity contribution in [3.05, 3.63) is 100 Å². The lowest BCUT2D eigenvalue weighted by Gasteiger charge is -2.16.